The van der Waals surface area contributed by atoms with Gasteiger partial charge in [0, 0.05) is 0 Å². The van der Waals surface area contributed by atoms with E-state index in [1.807, 2.05) is 0 Å². The highest BCUT2D eigenvalue weighted by Gasteiger charge is 2.03. The van der Waals surface area contributed by atoms with E-state index in [2.05, 4.69) is 48.6 Å². The highest BCUT2D eigenvalue weighted by molar-refractivity contribution is 5.40. The topological polar surface area (TPSA) is 0 Å². The molecule has 18 heavy (non-hydrogen) atoms. The minimum absolute atomic E-state index is 1.21. The molecule has 0 atom stereocenters. The van der Waals surface area contributed by atoms with E-state index in [1.165, 1.54) is 57.7 Å². The second kappa shape index (κ2) is 3.84. The predicted octanol–water partition coefficient (Wildman–Crippen LogP) is 2.43. The molecule has 0 aromatic heterocycles. The van der Waals surface area contributed by atoms with Gasteiger partial charge in [-0.05, 0) is 57.7 Å². The minimum atomic E-state index is 1.21. The molecule has 0 nitrogen and oxygen atoms in total. The fraction of sp³-hybridized carbons (Fsp3) is 0.222. The van der Waals surface area contributed by atoms with Gasteiger partial charge in [0.2, 0.25) is 0 Å². The molecule has 2 aliphatic rings. The van der Waals surface area contributed by atoms with Crippen LogP contribution in [0.3, 0.4) is 0 Å². The van der Waals surface area contributed by atoms with Crippen molar-refractivity contribution in [2.45, 2.75) is 25.7 Å². The van der Waals surface area contributed by atoms with Crippen LogP contribution >= 0.6 is 0 Å². The van der Waals surface area contributed by atoms with Crippen LogP contribution in [0.15, 0.2) is 36.4 Å². The molecular weight excluding hydrogens is 216 g/mol. The van der Waals surface area contributed by atoms with E-state index < -0.39 is 0 Å². The lowest BCUT2D eigenvalue weighted by Gasteiger charge is -1.97. The van der Waals surface area contributed by atoms with Crippen molar-refractivity contribution in [3.8, 4) is 0 Å². The average Bonchev–Trinajstić information content (AvgIpc) is 3.05. The summed E-state index contributed by atoms with van der Waals surface area (Å²) in [5.74, 6) is 0. The number of rotatable bonds is 0. The van der Waals surface area contributed by atoms with Crippen LogP contribution in [-0.4, -0.2) is 0 Å². The van der Waals surface area contributed by atoms with Crippen molar-refractivity contribution in [2.24, 2.45) is 0 Å². The van der Waals surface area contributed by atoms with Gasteiger partial charge in [-0.1, -0.05) is 48.6 Å². The lowest BCUT2D eigenvalue weighted by atomic mass is 10.1. The van der Waals surface area contributed by atoms with Crippen LogP contribution in [0.25, 0.3) is 12.2 Å². The maximum absolute atomic E-state index is 2.37. The van der Waals surface area contributed by atoms with Crippen LogP contribution in [-0.2, 0) is 12.8 Å². The Hall–Kier alpha value is -1.82. The second-order valence-electron chi connectivity index (χ2n) is 5.31. The first-order valence-corrected chi connectivity index (χ1v) is 6.83. The summed E-state index contributed by atoms with van der Waals surface area (Å²) in [4.78, 5) is 0. The molecule has 0 fully saturated rings. The summed E-state index contributed by atoms with van der Waals surface area (Å²) < 4.78 is 0. The van der Waals surface area contributed by atoms with Crippen molar-refractivity contribution in [3.05, 3.63) is 68.4 Å². The Morgan fingerprint density at radius 3 is 1.61 bits per heavy atom. The van der Waals surface area contributed by atoms with Gasteiger partial charge in [-0.25, -0.2) is 0 Å². The maximum Gasteiger partial charge on any atom is -0.0181 e. The van der Waals surface area contributed by atoms with Gasteiger partial charge in [-0.2, -0.15) is 0 Å². The van der Waals surface area contributed by atoms with Crippen LogP contribution in [0, 0.1) is 10.4 Å². The van der Waals surface area contributed by atoms with E-state index in [1.54, 1.807) is 0 Å². The number of aryl methyl sites for hydroxylation is 2. The SMILES string of the molecule is C1=c2ccc(=c3ccc4c(c3)CCC=4)cc2CC1. The Morgan fingerprint density at radius 2 is 1.11 bits per heavy atom. The molecule has 0 heterocycles. The summed E-state index contributed by atoms with van der Waals surface area (Å²) >= 11 is 0. The molecule has 0 bridgehead atoms. The highest BCUT2D eigenvalue weighted by Crippen LogP contribution is 2.09. The molecule has 0 saturated heterocycles. The van der Waals surface area contributed by atoms with E-state index in [4.69, 9.17) is 0 Å². The van der Waals surface area contributed by atoms with E-state index in [0.29, 0.717) is 0 Å². The molecule has 88 valence electrons. The molecule has 4 rings (SSSR count). The monoisotopic (exact) mass is 232 g/mol. The molecule has 0 aliphatic heterocycles. The molecule has 0 heteroatoms. The Morgan fingerprint density at radius 1 is 0.611 bits per heavy atom. The molecule has 2 aromatic carbocycles. The predicted molar refractivity (Wildman–Crippen MR) is 75.4 cm³/mol. The van der Waals surface area contributed by atoms with Crippen LogP contribution < -0.4 is 10.4 Å². The third kappa shape index (κ3) is 1.53. The first-order valence-electron chi connectivity index (χ1n) is 6.83. The maximum atomic E-state index is 2.37. The summed E-state index contributed by atoms with van der Waals surface area (Å²) in [6.07, 6.45) is 9.52. The average molecular weight is 232 g/mol. The van der Waals surface area contributed by atoms with Gasteiger partial charge in [0.05, 0.1) is 0 Å². The van der Waals surface area contributed by atoms with Gasteiger partial charge in [-0.15, -0.1) is 0 Å². The smallest absolute Gasteiger partial charge is 0.0181 e. The van der Waals surface area contributed by atoms with Gasteiger partial charge in [-0.3, -0.25) is 0 Å². The molecular formula is C18H16. The molecule has 0 N–H and O–H groups in total. The number of hydrogen-bond acceptors (Lipinski definition) is 0. The normalized spacial score (nSPS) is 17.8. The zero-order valence-electron chi connectivity index (χ0n) is 10.4. The van der Waals surface area contributed by atoms with Gasteiger partial charge < -0.3 is 0 Å². The Kier molecular flexibility index (Phi) is 2.16. The van der Waals surface area contributed by atoms with E-state index in [9.17, 15) is 0 Å². The fourth-order valence-electron chi connectivity index (χ4n) is 3.17. The Bertz CT molecular complexity index is 754. The van der Waals surface area contributed by atoms with Crippen molar-refractivity contribution in [1.82, 2.24) is 0 Å². The van der Waals surface area contributed by atoms with Gasteiger partial charge in [0.1, 0.15) is 0 Å². The summed E-state index contributed by atoms with van der Waals surface area (Å²) in [5, 5.41) is 5.62. The second-order valence-corrected chi connectivity index (χ2v) is 5.31. The van der Waals surface area contributed by atoms with Crippen molar-refractivity contribution in [2.75, 3.05) is 0 Å². The standard InChI is InChI=1S/C18H16/c1-3-13-7-9-17(11-15(13)5-1)18-10-8-14-4-2-6-16(14)12-18/h3-4,7-12H,1-2,5-6H2. The minimum Gasteiger partial charge on any atom is -0.0767 e. The summed E-state index contributed by atoms with van der Waals surface area (Å²) in [6.45, 7) is 0. The van der Waals surface area contributed by atoms with Crippen LogP contribution in [0.2, 0.25) is 0 Å². The van der Waals surface area contributed by atoms with Gasteiger partial charge in [0.15, 0.2) is 0 Å². The lowest BCUT2D eigenvalue weighted by Crippen LogP contribution is -2.03. The Balaban J connectivity index is 2.04. The van der Waals surface area contributed by atoms with Crippen LogP contribution in [0.1, 0.15) is 24.0 Å². The molecule has 2 aliphatic carbocycles. The van der Waals surface area contributed by atoms with Crippen LogP contribution in [0.4, 0.5) is 0 Å². The molecule has 0 amide bonds. The number of hydrogen-bond donors (Lipinski definition) is 0. The van der Waals surface area contributed by atoms with E-state index in [0.717, 1.165) is 0 Å². The summed E-state index contributed by atoms with van der Waals surface area (Å²) in [5.41, 5.74) is 3.03. The zero-order chi connectivity index (χ0) is 11.9. The molecule has 0 radical (unpaired) electrons. The number of benzene rings is 2. The Labute approximate surface area is 107 Å². The van der Waals surface area contributed by atoms with E-state index >= 15 is 0 Å². The third-order valence-corrected chi connectivity index (χ3v) is 4.18. The van der Waals surface area contributed by atoms with Gasteiger partial charge in [0.25, 0.3) is 0 Å². The number of fused-ring (bicyclic) bond motifs is 2. The van der Waals surface area contributed by atoms with Crippen LogP contribution in [0.5, 0.6) is 0 Å². The third-order valence-electron chi connectivity index (χ3n) is 4.18. The highest BCUT2D eigenvalue weighted by atomic mass is 14.1. The van der Waals surface area contributed by atoms with Gasteiger partial charge >= 0.3 is 0 Å². The van der Waals surface area contributed by atoms with E-state index in [-0.39, 0.29) is 0 Å². The van der Waals surface area contributed by atoms with Crippen molar-refractivity contribution < 1.29 is 0 Å². The van der Waals surface area contributed by atoms with Crippen molar-refractivity contribution >= 4 is 12.2 Å². The largest absolute Gasteiger partial charge is 0.0767 e. The molecule has 2 aromatic rings. The van der Waals surface area contributed by atoms with Crippen molar-refractivity contribution in [3.63, 3.8) is 0 Å². The zero-order valence-corrected chi connectivity index (χ0v) is 10.4. The quantitative estimate of drug-likeness (QED) is 0.654. The molecule has 0 unspecified atom stereocenters. The van der Waals surface area contributed by atoms with Crippen molar-refractivity contribution in [1.29, 1.82) is 0 Å². The molecule has 0 saturated carbocycles. The summed E-state index contributed by atoms with van der Waals surface area (Å²) in [7, 11) is 0. The first-order chi connectivity index (χ1) is 8.90. The summed E-state index contributed by atoms with van der Waals surface area (Å²) in [6, 6.07) is 13.8. The fourth-order valence-corrected chi connectivity index (χ4v) is 3.17. The lowest BCUT2D eigenvalue weighted by molar-refractivity contribution is 1.07. The first kappa shape index (κ1) is 10.1. The molecule has 0 spiro atoms.